The highest BCUT2D eigenvalue weighted by Gasteiger charge is 2.35. The fourth-order valence-corrected chi connectivity index (χ4v) is 5.30. The normalized spacial score (nSPS) is 11.7. The van der Waals surface area contributed by atoms with Gasteiger partial charge in [0.25, 0.3) is 5.56 Å². The number of rotatable bonds is 7. The van der Waals surface area contributed by atoms with Gasteiger partial charge in [-0.15, -0.1) is 4.80 Å². The molecule has 0 aliphatic carbocycles. The molecule has 0 fully saturated rings. The molecule has 0 unspecified atom stereocenters. The summed E-state index contributed by atoms with van der Waals surface area (Å²) in [5, 5.41) is 30.1. The molecule has 0 aliphatic heterocycles. The molecule has 4 aromatic rings. The number of carbonyl (C=O) groups excluding carboxylic acids is 1. The summed E-state index contributed by atoms with van der Waals surface area (Å²) in [5.74, 6) is -1.10. The monoisotopic (exact) mass is 574 g/mol. The lowest BCUT2D eigenvalue weighted by molar-refractivity contribution is -0.129. The Bertz CT molecular complexity index is 1620. The van der Waals surface area contributed by atoms with Gasteiger partial charge >= 0.3 is 5.69 Å². The quantitative estimate of drug-likeness (QED) is 0.308. The van der Waals surface area contributed by atoms with Gasteiger partial charge in [-0.25, -0.2) is 13.8 Å². The molecule has 0 aliphatic rings. The van der Waals surface area contributed by atoms with Gasteiger partial charge in [0.05, 0.1) is 17.8 Å². The Hall–Kier alpha value is -3.84. The number of aryl methyl sites for hydroxylation is 3. The fourth-order valence-electron chi connectivity index (χ4n) is 4.06. The van der Waals surface area contributed by atoms with Crippen LogP contribution in [0.15, 0.2) is 40.2 Å². The number of nitrogens with zero attached hydrogens (tertiary/aromatic N) is 5. The van der Waals surface area contributed by atoms with Gasteiger partial charge < -0.3 is 15.5 Å². The Morgan fingerprint density at radius 1 is 1.15 bits per heavy atom. The number of halogens is 1. The van der Waals surface area contributed by atoms with Gasteiger partial charge in [0, 0.05) is 24.3 Å². The number of fused-ring (bicyclic) bond motifs is 1. The summed E-state index contributed by atoms with van der Waals surface area (Å²) in [6, 6.07) is 3.40. The summed E-state index contributed by atoms with van der Waals surface area (Å²) in [4.78, 5) is 42.3. The van der Waals surface area contributed by atoms with E-state index in [1.807, 2.05) is 0 Å². The standard InChI is InChI=1S/C24H27FN6O4S.C3H8O/c1-13(2)28-22(34)24(4,5)30-19(33)18-14(3)20(31-26-9-10-27-31)36-21(18)29(23(30)35)11-8-15-12-16(25)6-7-17(15)32;1-3(2)4/h6-7,9-10,12-13,32H,8,11H2,1-5H3,(H,28,34);3-4H,1-2H3. The SMILES string of the molecule is CC(C)O.Cc1c(-n2nccn2)sc2c1c(=O)n(C(C)(C)C(=O)NC(C)C)c(=O)n2CCc1cc(F)ccc1O. The number of aromatic nitrogens is 5. The number of hydrogen-bond donors (Lipinski definition) is 3. The first-order valence-corrected chi connectivity index (χ1v) is 13.6. The summed E-state index contributed by atoms with van der Waals surface area (Å²) in [6.07, 6.45) is 2.95. The van der Waals surface area contributed by atoms with Crippen molar-refractivity contribution in [2.24, 2.45) is 0 Å². The molecule has 0 saturated carbocycles. The van der Waals surface area contributed by atoms with Gasteiger partial charge in [-0.1, -0.05) is 11.3 Å². The number of thiophene rings is 1. The minimum atomic E-state index is -1.51. The molecular formula is C27H35FN6O5S. The fraction of sp³-hybridized carbons (Fsp3) is 0.444. The minimum Gasteiger partial charge on any atom is -0.508 e. The second-order valence-electron chi connectivity index (χ2n) is 10.4. The third-order valence-electron chi connectivity index (χ3n) is 5.97. The molecule has 1 amide bonds. The van der Waals surface area contributed by atoms with Crippen molar-refractivity contribution in [2.75, 3.05) is 0 Å². The Morgan fingerprint density at radius 3 is 2.33 bits per heavy atom. The average Bonchev–Trinajstić information content (AvgIpc) is 3.48. The molecule has 0 bridgehead atoms. The van der Waals surface area contributed by atoms with Crippen LogP contribution >= 0.6 is 11.3 Å². The number of amides is 1. The zero-order chi connectivity index (χ0) is 29.9. The molecule has 3 aromatic heterocycles. The predicted molar refractivity (Wildman–Crippen MR) is 152 cm³/mol. The van der Waals surface area contributed by atoms with Crippen molar-refractivity contribution >= 4 is 27.5 Å². The van der Waals surface area contributed by atoms with Crippen LogP contribution in [-0.4, -0.2) is 52.4 Å². The van der Waals surface area contributed by atoms with Crippen LogP contribution in [0.2, 0.25) is 0 Å². The highest BCUT2D eigenvalue weighted by molar-refractivity contribution is 7.21. The maximum absolute atomic E-state index is 13.8. The van der Waals surface area contributed by atoms with Crippen molar-refractivity contribution in [3.63, 3.8) is 0 Å². The maximum Gasteiger partial charge on any atom is 0.333 e. The number of carbonyl (C=O) groups is 1. The van der Waals surface area contributed by atoms with E-state index in [-0.39, 0.29) is 36.2 Å². The Labute approximate surface area is 234 Å². The number of hydrogen-bond acceptors (Lipinski definition) is 8. The van der Waals surface area contributed by atoms with Crippen LogP contribution in [-0.2, 0) is 23.3 Å². The highest BCUT2D eigenvalue weighted by Crippen LogP contribution is 2.31. The highest BCUT2D eigenvalue weighted by atomic mass is 32.1. The first-order chi connectivity index (χ1) is 18.7. The zero-order valence-corrected chi connectivity index (χ0v) is 24.4. The van der Waals surface area contributed by atoms with E-state index < -0.39 is 28.5 Å². The van der Waals surface area contributed by atoms with Gasteiger partial charge in [0.15, 0.2) is 0 Å². The van der Waals surface area contributed by atoms with E-state index in [0.717, 1.165) is 10.6 Å². The number of aliphatic hydroxyl groups is 1. The average molecular weight is 575 g/mol. The van der Waals surface area contributed by atoms with Crippen molar-refractivity contribution < 1.29 is 19.4 Å². The summed E-state index contributed by atoms with van der Waals surface area (Å²) in [5.41, 5.74) is -1.92. The van der Waals surface area contributed by atoms with E-state index in [1.165, 1.54) is 59.1 Å². The smallest absolute Gasteiger partial charge is 0.333 e. The van der Waals surface area contributed by atoms with E-state index in [9.17, 15) is 23.9 Å². The molecule has 4 rings (SSSR count). The number of aliphatic hydroxyl groups excluding tert-OH is 1. The van der Waals surface area contributed by atoms with Crippen molar-refractivity contribution in [3.8, 4) is 10.8 Å². The lowest BCUT2D eigenvalue weighted by atomic mass is 10.0. The van der Waals surface area contributed by atoms with Crippen LogP contribution in [0.5, 0.6) is 5.75 Å². The first kappa shape index (κ1) is 30.7. The summed E-state index contributed by atoms with van der Waals surface area (Å²) in [7, 11) is 0. The second-order valence-corrected chi connectivity index (χ2v) is 11.4. The van der Waals surface area contributed by atoms with Crippen LogP contribution in [0, 0.1) is 12.7 Å². The zero-order valence-electron chi connectivity index (χ0n) is 23.6. The van der Waals surface area contributed by atoms with Gasteiger partial charge in [-0.2, -0.15) is 10.2 Å². The Kier molecular flexibility index (Phi) is 9.31. The number of benzene rings is 1. The predicted octanol–water partition coefficient (Wildman–Crippen LogP) is 2.85. The largest absolute Gasteiger partial charge is 0.508 e. The van der Waals surface area contributed by atoms with Crippen LogP contribution in [0.4, 0.5) is 4.39 Å². The molecule has 3 heterocycles. The number of phenolic OH excluding ortho intramolecular Hbond substituents is 1. The van der Waals surface area contributed by atoms with E-state index in [2.05, 4.69) is 15.5 Å². The third kappa shape index (κ3) is 6.31. The number of nitrogens with one attached hydrogen (secondary N) is 1. The van der Waals surface area contributed by atoms with Gasteiger partial charge in [-0.05, 0) is 78.6 Å². The van der Waals surface area contributed by atoms with Crippen LogP contribution in [0.1, 0.15) is 52.7 Å². The van der Waals surface area contributed by atoms with Crippen LogP contribution in [0.25, 0.3) is 15.2 Å². The Morgan fingerprint density at radius 2 is 1.75 bits per heavy atom. The molecule has 11 nitrogen and oxygen atoms in total. The third-order valence-corrected chi connectivity index (χ3v) is 7.25. The molecule has 0 atom stereocenters. The van der Waals surface area contributed by atoms with Crippen molar-refractivity contribution in [1.29, 1.82) is 0 Å². The van der Waals surface area contributed by atoms with Crippen LogP contribution in [0.3, 0.4) is 0 Å². The lowest BCUT2D eigenvalue weighted by Crippen LogP contribution is -2.56. The molecule has 0 spiro atoms. The number of aromatic hydroxyl groups is 1. The van der Waals surface area contributed by atoms with Gasteiger partial charge in [0.2, 0.25) is 5.91 Å². The van der Waals surface area contributed by atoms with Crippen molar-refractivity contribution in [1.82, 2.24) is 29.4 Å². The van der Waals surface area contributed by atoms with E-state index in [4.69, 9.17) is 5.11 Å². The van der Waals surface area contributed by atoms with Crippen LogP contribution < -0.4 is 16.6 Å². The summed E-state index contributed by atoms with van der Waals surface area (Å²) < 4.78 is 16.1. The molecule has 216 valence electrons. The lowest BCUT2D eigenvalue weighted by Gasteiger charge is -2.27. The maximum atomic E-state index is 13.8. The van der Waals surface area contributed by atoms with Crippen molar-refractivity contribution in [2.45, 2.75) is 79.1 Å². The summed E-state index contributed by atoms with van der Waals surface area (Å²) >= 11 is 1.17. The molecule has 40 heavy (non-hydrogen) atoms. The van der Waals surface area contributed by atoms with Gasteiger partial charge in [-0.3, -0.25) is 14.2 Å². The second kappa shape index (κ2) is 12.1. The Balaban J connectivity index is 0.00000103. The molecule has 1 aromatic carbocycles. The molecule has 0 saturated heterocycles. The molecular weight excluding hydrogens is 539 g/mol. The summed E-state index contributed by atoms with van der Waals surface area (Å²) in [6.45, 7) is 11.8. The topological polar surface area (TPSA) is 144 Å². The van der Waals surface area contributed by atoms with E-state index in [0.29, 0.717) is 21.0 Å². The molecule has 3 N–H and O–H groups in total. The van der Waals surface area contributed by atoms with E-state index in [1.54, 1.807) is 34.6 Å². The van der Waals surface area contributed by atoms with E-state index >= 15 is 0 Å². The van der Waals surface area contributed by atoms with Crippen molar-refractivity contribution in [3.05, 3.63) is 68.4 Å². The minimum absolute atomic E-state index is 0.0282. The molecule has 13 heteroatoms. The first-order valence-electron chi connectivity index (χ1n) is 12.8. The molecule has 0 radical (unpaired) electrons. The number of phenols is 1. The van der Waals surface area contributed by atoms with Gasteiger partial charge in [0.1, 0.15) is 26.9 Å².